The van der Waals surface area contributed by atoms with Crippen LogP contribution in [0.4, 0.5) is 17.6 Å². The molecule has 0 aliphatic heterocycles. The zero-order chi connectivity index (χ0) is 13.1. The highest BCUT2D eigenvalue weighted by Gasteiger charge is 2.43. The van der Waals surface area contributed by atoms with E-state index in [-0.39, 0.29) is 12.3 Å². The largest absolute Gasteiger partial charge is 0.461 e. The van der Waals surface area contributed by atoms with Crippen molar-refractivity contribution in [2.24, 2.45) is 11.5 Å². The Hall–Kier alpha value is -1.34. The Labute approximate surface area is 95.3 Å². The van der Waals surface area contributed by atoms with Crippen molar-refractivity contribution in [3.05, 3.63) is 29.8 Å². The third-order valence-electron chi connectivity index (χ3n) is 2.05. The summed E-state index contributed by atoms with van der Waals surface area (Å²) in [5.74, 6) is -0.378. The molecule has 17 heavy (non-hydrogen) atoms. The minimum Gasteiger partial charge on any atom is -0.428 e. The van der Waals surface area contributed by atoms with Crippen LogP contribution in [-0.4, -0.2) is 19.1 Å². The summed E-state index contributed by atoms with van der Waals surface area (Å²) in [5.41, 5.74) is 11.3. The Balaban J connectivity index is 2.86. The van der Waals surface area contributed by atoms with Crippen molar-refractivity contribution in [2.45, 2.75) is 18.6 Å². The smallest absolute Gasteiger partial charge is 0.428 e. The van der Waals surface area contributed by atoms with Crippen LogP contribution < -0.4 is 16.2 Å². The minimum absolute atomic E-state index is 0.106. The van der Waals surface area contributed by atoms with Gasteiger partial charge in [0.05, 0.1) is 0 Å². The van der Waals surface area contributed by atoms with Crippen LogP contribution in [0.2, 0.25) is 0 Å². The lowest BCUT2D eigenvalue weighted by molar-refractivity contribution is -0.253. The standard InChI is InChI=1S/C10H12F4N2O/c11-9(12)10(13,14)17-7-3-1-2-6(4-7)8(16)5-15/h1-4,8-9H,5,15-16H2/t8-/m1/s1. The molecule has 0 amide bonds. The van der Waals surface area contributed by atoms with Crippen molar-refractivity contribution in [1.82, 2.24) is 0 Å². The fourth-order valence-corrected chi connectivity index (χ4v) is 1.15. The first kappa shape index (κ1) is 13.7. The van der Waals surface area contributed by atoms with Crippen LogP contribution in [0, 0.1) is 0 Å². The van der Waals surface area contributed by atoms with E-state index in [2.05, 4.69) is 4.74 Å². The molecule has 0 aliphatic carbocycles. The molecule has 0 saturated carbocycles. The molecule has 0 radical (unpaired) electrons. The summed E-state index contributed by atoms with van der Waals surface area (Å²) in [4.78, 5) is 0. The zero-order valence-corrected chi connectivity index (χ0v) is 8.75. The van der Waals surface area contributed by atoms with Gasteiger partial charge >= 0.3 is 12.5 Å². The van der Waals surface area contributed by atoms with Crippen molar-refractivity contribution >= 4 is 0 Å². The molecule has 0 saturated heterocycles. The van der Waals surface area contributed by atoms with Crippen LogP contribution in [0.15, 0.2) is 24.3 Å². The van der Waals surface area contributed by atoms with Gasteiger partial charge in [0.1, 0.15) is 5.75 Å². The summed E-state index contributed by atoms with van der Waals surface area (Å²) >= 11 is 0. The van der Waals surface area contributed by atoms with Crippen molar-refractivity contribution in [1.29, 1.82) is 0 Å². The molecule has 1 atom stereocenters. The number of rotatable bonds is 5. The maximum Gasteiger partial charge on any atom is 0.461 e. The number of halogens is 4. The highest BCUT2D eigenvalue weighted by Crippen LogP contribution is 2.28. The number of hydrogen-bond acceptors (Lipinski definition) is 3. The second kappa shape index (κ2) is 5.33. The number of hydrogen-bond donors (Lipinski definition) is 2. The molecule has 0 aliphatic rings. The first-order chi connectivity index (χ1) is 7.86. The molecule has 3 nitrogen and oxygen atoms in total. The van der Waals surface area contributed by atoms with Gasteiger partial charge in [-0.3, -0.25) is 0 Å². The van der Waals surface area contributed by atoms with Crippen molar-refractivity contribution < 1.29 is 22.3 Å². The normalized spacial score (nSPS) is 13.8. The summed E-state index contributed by atoms with van der Waals surface area (Å²) in [6.45, 7) is 0.106. The van der Waals surface area contributed by atoms with Gasteiger partial charge in [0.25, 0.3) is 0 Å². The molecule has 0 fully saturated rings. The van der Waals surface area contributed by atoms with Crippen LogP contribution in [0.1, 0.15) is 11.6 Å². The second-order valence-electron chi connectivity index (χ2n) is 3.38. The van der Waals surface area contributed by atoms with Crippen LogP contribution in [0.3, 0.4) is 0 Å². The highest BCUT2D eigenvalue weighted by molar-refractivity contribution is 5.30. The molecular weight excluding hydrogens is 240 g/mol. The van der Waals surface area contributed by atoms with Crippen molar-refractivity contribution in [3.8, 4) is 5.75 Å². The van der Waals surface area contributed by atoms with Crippen LogP contribution in [0.25, 0.3) is 0 Å². The average Bonchev–Trinajstić information content (AvgIpc) is 2.27. The molecule has 7 heteroatoms. The fraction of sp³-hybridized carbons (Fsp3) is 0.400. The van der Waals surface area contributed by atoms with Crippen LogP contribution in [-0.2, 0) is 0 Å². The van der Waals surface area contributed by atoms with Crippen molar-refractivity contribution in [2.75, 3.05) is 6.54 Å². The quantitative estimate of drug-likeness (QED) is 0.786. The Kier molecular flexibility index (Phi) is 4.30. The van der Waals surface area contributed by atoms with E-state index in [1.807, 2.05) is 0 Å². The second-order valence-corrected chi connectivity index (χ2v) is 3.38. The molecular formula is C10H12F4N2O. The molecule has 1 rings (SSSR count). The van der Waals surface area contributed by atoms with Gasteiger partial charge in [-0.05, 0) is 17.7 Å². The summed E-state index contributed by atoms with van der Waals surface area (Å²) in [6.07, 6.45) is -8.42. The van der Waals surface area contributed by atoms with Gasteiger partial charge in [-0.1, -0.05) is 12.1 Å². The molecule has 0 heterocycles. The monoisotopic (exact) mass is 252 g/mol. The molecule has 0 bridgehead atoms. The van der Waals surface area contributed by atoms with E-state index in [1.54, 1.807) is 6.07 Å². The van der Waals surface area contributed by atoms with Gasteiger partial charge in [0.15, 0.2) is 0 Å². The molecule has 1 aromatic rings. The van der Waals surface area contributed by atoms with E-state index in [4.69, 9.17) is 11.5 Å². The molecule has 0 unspecified atom stereocenters. The van der Waals surface area contributed by atoms with Crippen molar-refractivity contribution in [3.63, 3.8) is 0 Å². The lowest BCUT2D eigenvalue weighted by Crippen LogP contribution is -2.33. The molecule has 96 valence electrons. The zero-order valence-electron chi connectivity index (χ0n) is 8.75. The predicted octanol–water partition coefficient (Wildman–Crippen LogP) is 1.88. The SMILES string of the molecule is NC[C@@H](N)c1cccc(OC(F)(F)C(F)F)c1. The van der Waals surface area contributed by atoms with Crippen LogP contribution >= 0.6 is 0 Å². The van der Waals surface area contributed by atoms with Gasteiger partial charge in [0, 0.05) is 12.6 Å². The van der Waals surface area contributed by atoms with Crippen LogP contribution in [0.5, 0.6) is 5.75 Å². The summed E-state index contributed by atoms with van der Waals surface area (Å²) in [6, 6.07) is 4.67. The number of alkyl halides is 4. The van der Waals surface area contributed by atoms with Gasteiger partial charge in [-0.2, -0.15) is 17.6 Å². The summed E-state index contributed by atoms with van der Waals surface area (Å²) in [5, 5.41) is 0. The highest BCUT2D eigenvalue weighted by atomic mass is 19.3. The third kappa shape index (κ3) is 3.57. The average molecular weight is 252 g/mol. The van der Waals surface area contributed by atoms with E-state index in [0.29, 0.717) is 5.56 Å². The fourth-order valence-electron chi connectivity index (χ4n) is 1.15. The topological polar surface area (TPSA) is 61.3 Å². The summed E-state index contributed by atoms with van der Waals surface area (Å²) in [7, 11) is 0. The summed E-state index contributed by atoms with van der Waals surface area (Å²) < 4.78 is 53.0. The molecule has 0 spiro atoms. The van der Waals surface area contributed by atoms with Gasteiger partial charge in [-0.25, -0.2) is 0 Å². The number of ether oxygens (including phenoxy) is 1. The number of benzene rings is 1. The van der Waals surface area contributed by atoms with E-state index in [0.717, 1.165) is 12.1 Å². The van der Waals surface area contributed by atoms with Gasteiger partial charge < -0.3 is 16.2 Å². The van der Waals surface area contributed by atoms with E-state index in [9.17, 15) is 17.6 Å². The first-order valence-electron chi connectivity index (χ1n) is 4.77. The Morgan fingerprint density at radius 2 is 1.94 bits per heavy atom. The minimum atomic E-state index is -4.52. The van der Waals surface area contributed by atoms with E-state index in [1.165, 1.54) is 6.07 Å². The lowest BCUT2D eigenvalue weighted by Gasteiger charge is -2.18. The first-order valence-corrected chi connectivity index (χ1v) is 4.77. The Morgan fingerprint density at radius 3 is 2.47 bits per heavy atom. The van der Waals surface area contributed by atoms with Gasteiger partial charge in [0.2, 0.25) is 0 Å². The van der Waals surface area contributed by atoms with Gasteiger partial charge in [-0.15, -0.1) is 0 Å². The Bertz CT molecular complexity index is 373. The lowest BCUT2D eigenvalue weighted by atomic mass is 10.1. The maximum atomic E-state index is 12.6. The molecule has 0 aromatic heterocycles. The Morgan fingerprint density at radius 1 is 1.29 bits per heavy atom. The molecule has 4 N–H and O–H groups in total. The van der Waals surface area contributed by atoms with E-state index >= 15 is 0 Å². The maximum absolute atomic E-state index is 12.6. The molecule has 1 aromatic carbocycles. The van der Waals surface area contributed by atoms with E-state index < -0.39 is 18.6 Å². The predicted molar refractivity (Wildman–Crippen MR) is 54.0 cm³/mol. The third-order valence-corrected chi connectivity index (χ3v) is 2.05. The number of nitrogens with two attached hydrogens (primary N) is 2.